The molecule has 1 aromatic rings. The Hall–Kier alpha value is -2.38. The lowest BCUT2D eigenvalue weighted by atomic mass is 10.0. The van der Waals surface area contributed by atoms with E-state index in [2.05, 4.69) is 10.4 Å². The predicted octanol–water partition coefficient (Wildman–Crippen LogP) is -0.534. The molecule has 2 fully saturated rings. The van der Waals surface area contributed by atoms with Gasteiger partial charge in [-0.15, -0.1) is 0 Å². The van der Waals surface area contributed by atoms with Crippen LogP contribution in [0, 0.1) is 0 Å². The second-order valence-electron chi connectivity index (χ2n) is 5.16. The summed E-state index contributed by atoms with van der Waals surface area (Å²) in [5.74, 6) is -0.648. The molecule has 0 spiro atoms. The first-order valence-corrected chi connectivity index (χ1v) is 6.39. The molecule has 8 heteroatoms. The molecule has 20 heavy (non-hydrogen) atoms. The van der Waals surface area contributed by atoms with E-state index in [4.69, 9.17) is 0 Å². The quantitative estimate of drug-likeness (QED) is 0.747. The van der Waals surface area contributed by atoms with E-state index >= 15 is 0 Å². The fourth-order valence-corrected chi connectivity index (χ4v) is 2.76. The van der Waals surface area contributed by atoms with Crippen molar-refractivity contribution in [2.24, 2.45) is 7.05 Å². The number of nitrogens with zero attached hydrogens (tertiary/aromatic N) is 4. The fourth-order valence-electron chi connectivity index (χ4n) is 2.76. The van der Waals surface area contributed by atoms with Crippen LogP contribution >= 0.6 is 0 Å². The lowest BCUT2D eigenvalue weighted by molar-refractivity contribution is -0.133. The smallest absolute Gasteiger partial charge is 0.310 e. The molecule has 0 radical (unpaired) electrons. The standard InChI is InChI=1S/C12H15N5O3/c1-7-5-16-9(3-10(18)14-12(16)20)11(19)17(7)8-4-13-15(2)6-8/h4,6-7,9H,3,5H2,1-2H3,(H,14,18,20). The Kier molecular flexibility index (Phi) is 2.73. The van der Waals surface area contributed by atoms with Crippen LogP contribution in [0.15, 0.2) is 12.4 Å². The van der Waals surface area contributed by atoms with Crippen molar-refractivity contribution in [1.29, 1.82) is 0 Å². The third-order valence-corrected chi connectivity index (χ3v) is 3.66. The Morgan fingerprint density at radius 1 is 1.35 bits per heavy atom. The van der Waals surface area contributed by atoms with Crippen LogP contribution in [0.2, 0.25) is 0 Å². The van der Waals surface area contributed by atoms with Crippen molar-refractivity contribution in [3.05, 3.63) is 12.4 Å². The van der Waals surface area contributed by atoms with Crippen molar-refractivity contribution in [1.82, 2.24) is 20.0 Å². The number of fused-ring (bicyclic) bond motifs is 1. The van der Waals surface area contributed by atoms with Crippen LogP contribution in [0.5, 0.6) is 0 Å². The number of amides is 4. The molecule has 2 unspecified atom stereocenters. The largest absolute Gasteiger partial charge is 0.324 e. The minimum atomic E-state index is -0.715. The van der Waals surface area contributed by atoms with E-state index in [9.17, 15) is 14.4 Å². The molecule has 0 saturated carbocycles. The van der Waals surface area contributed by atoms with Gasteiger partial charge in [-0.2, -0.15) is 5.10 Å². The van der Waals surface area contributed by atoms with Crippen molar-refractivity contribution < 1.29 is 14.4 Å². The van der Waals surface area contributed by atoms with Crippen LogP contribution in [0.1, 0.15) is 13.3 Å². The van der Waals surface area contributed by atoms with E-state index in [1.54, 1.807) is 29.0 Å². The summed E-state index contributed by atoms with van der Waals surface area (Å²) in [6.45, 7) is 2.26. The summed E-state index contributed by atoms with van der Waals surface area (Å²) in [5, 5.41) is 6.30. The SMILES string of the molecule is CC1CN2C(=O)NC(=O)CC2C(=O)N1c1cnn(C)c1. The minimum Gasteiger partial charge on any atom is -0.310 e. The molecule has 3 heterocycles. The summed E-state index contributed by atoms with van der Waals surface area (Å²) in [5.41, 5.74) is 0.683. The van der Waals surface area contributed by atoms with E-state index in [1.807, 2.05) is 6.92 Å². The fraction of sp³-hybridized carbons (Fsp3) is 0.500. The van der Waals surface area contributed by atoms with Crippen LogP contribution in [-0.4, -0.2) is 51.2 Å². The highest BCUT2D eigenvalue weighted by Gasteiger charge is 2.45. The normalized spacial score (nSPS) is 26.6. The molecule has 8 nitrogen and oxygen atoms in total. The Morgan fingerprint density at radius 3 is 2.75 bits per heavy atom. The number of aryl methyl sites for hydroxylation is 1. The van der Waals surface area contributed by atoms with Gasteiger partial charge in [0.05, 0.1) is 24.3 Å². The first-order chi connectivity index (χ1) is 9.47. The summed E-state index contributed by atoms with van der Waals surface area (Å²) in [7, 11) is 1.77. The zero-order valence-electron chi connectivity index (χ0n) is 11.2. The zero-order valence-corrected chi connectivity index (χ0v) is 11.2. The van der Waals surface area contributed by atoms with Gasteiger partial charge in [0.1, 0.15) is 6.04 Å². The number of aromatic nitrogens is 2. The summed E-state index contributed by atoms with van der Waals surface area (Å²) in [6.07, 6.45) is 3.36. The maximum atomic E-state index is 12.6. The monoisotopic (exact) mass is 277 g/mol. The van der Waals surface area contributed by atoms with Crippen molar-refractivity contribution in [2.75, 3.05) is 11.4 Å². The number of anilines is 1. The van der Waals surface area contributed by atoms with Crippen LogP contribution in [0.25, 0.3) is 0 Å². The maximum absolute atomic E-state index is 12.6. The highest BCUT2D eigenvalue weighted by molar-refractivity contribution is 6.07. The summed E-state index contributed by atoms with van der Waals surface area (Å²) >= 11 is 0. The van der Waals surface area contributed by atoms with E-state index in [-0.39, 0.29) is 18.4 Å². The van der Waals surface area contributed by atoms with E-state index < -0.39 is 18.0 Å². The average molecular weight is 277 g/mol. The minimum absolute atomic E-state index is 0.00799. The number of urea groups is 1. The average Bonchev–Trinajstić information content (AvgIpc) is 2.78. The molecule has 1 N–H and O–H groups in total. The highest BCUT2D eigenvalue weighted by Crippen LogP contribution is 2.26. The lowest BCUT2D eigenvalue weighted by Crippen LogP contribution is -2.68. The first-order valence-electron chi connectivity index (χ1n) is 6.39. The molecule has 0 aromatic carbocycles. The maximum Gasteiger partial charge on any atom is 0.324 e. The van der Waals surface area contributed by atoms with Crippen LogP contribution in [0.4, 0.5) is 10.5 Å². The summed E-state index contributed by atoms with van der Waals surface area (Å²) in [4.78, 5) is 38.9. The molecule has 0 aliphatic carbocycles. The predicted molar refractivity (Wildman–Crippen MR) is 68.8 cm³/mol. The van der Waals surface area contributed by atoms with Gasteiger partial charge in [-0.3, -0.25) is 19.6 Å². The van der Waals surface area contributed by atoms with Crippen LogP contribution in [0.3, 0.4) is 0 Å². The van der Waals surface area contributed by atoms with Crippen LogP contribution < -0.4 is 10.2 Å². The molecule has 2 aliphatic heterocycles. The van der Waals surface area contributed by atoms with Gasteiger partial charge in [0.15, 0.2) is 0 Å². The number of nitrogens with one attached hydrogen (secondary N) is 1. The van der Waals surface area contributed by atoms with Crippen molar-refractivity contribution in [2.45, 2.75) is 25.4 Å². The molecular weight excluding hydrogens is 262 g/mol. The molecule has 4 amide bonds. The highest BCUT2D eigenvalue weighted by atomic mass is 16.2. The third-order valence-electron chi connectivity index (χ3n) is 3.66. The Morgan fingerprint density at radius 2 is 2.10 bits per heavy atom. The number of hydrogen-bond donors (Lipinski definition) is 1. The summed E-state index contributed by atoms with van der Waals surface area (Å²) in [6, 6.07) is -1.37. The molecular formula is C12H15N5O3. The van der Waals surface area contributed by atoms with Gasteiger partial charge in [0.25, 0.3) is 5.91 Å². The van der Waals surface area contributed by atoms with Gasteiger partial charge in [0, 0.05) is 19.8 Å². The number of carbonyl (C=O) groups excluding carboxylic acids is 3. The molecule has 1 aromatic heterocycles. The summed E-state index contributed by atoms with van der Waals surface area (Å²) < 4.78 is 1.61. The Labute approximate surface area is 115 Å². The molecule has 2 atom stereocenters. The molecule has 3 rings (SSSR count). The van der Waals surface area contributed by atoms with Crippen LogP contribution in [-0.2, 0) is 16.6 Å². The van der Waals surface area contributed by atoms with Crippen molar-refractivity contribution >= 4 is 23.5 Å². The first kappa shape index (κ1) is 12.6. The molecule has 0 bridgehead atoms. The van der Waals surface area contributed by atoms with Gasteiger partial charge in [-0.25, -0.2) is 4.79 Å². The molecule has 106 valence electrons. The van der Waals surface area contributed by atoms with E-state index in [1.165, 1.54) is 4.90 Å². The number of hydrogen-bond acceptors (Lipinski definition) is 4. The van der Waals surface area contributed by atoms with Crippen molar-refractivity contribution in [3.63, 3.8) is 0 Å². The number of imide groups is 1. The number of rotatable bonds is 1. The van der Waals surface area contributed by atoms with E-state index in [0.29, 0.717) is 12.2 Å². The van der Waals surface area contributed by atoms with Crippen molar-refractivity contribution in [3.8, 4) is 0 Å². The second kappa shape index (κ2) is 4.32. The van der Waals surface area contributed by atoms with E-state index in [0.717, 1.165) is 0 Å². The number of piperazine rings is 1. The van der Waals surface area contributed by atoms with Gasteiger partial charge in [0.2, 0.25) is 5.91 Å². The van der Waals surface area contributed by atoms with Gasteiger partial charge in [-0.1, -0.05) is 0 Å². The Balaban J connectivity index is 1.93. The van der Waals surface area contributed by atoms with Gasteiger partial charge in [-0.05, 0) is 6.92 Å². The second-order valence-corrected chi connectivity index (χ2v) is 5.16. The Bertz CT molecular complexity index is 596. The van der Waals surface area contributed by atoms with Gasteiger partial charge >= 0.3 is 6.03 Å². The topological polar surface area (TPSA) is 87.5 Å². The number of carbonyl (C=O) groups is 3. The van der Waals surface area contributed by atoms with Gasteiger partial charge < -0.3 is 9.80 Å². The molecule has 2 saturated heterocycles. The zero-order chi connectivity index (χ0) is 14.4. The molecule has 2 aliphatic rings. The third kappa shape index (κ3) is 1.84. The lowest BCUT2D eigenvalue weighted by Gasteiger charge is -2.45.